The van der Waals surface area contributed by atoms with E-state index < -0.39 is 6.10 Å². The number of nitrogens with zero attached hydrogens (tertiary/aromatic N) is 1. The maximum absolute atomic E-state index is 12.0. The standard InChI is InChI=1S/C17H19ClN2O2S/c1-4-14-6-7-15(23-14)10-19-20-17(21)12(3)22-16-8-5-13(18)9-11(16)2/h5-10,12H,4H2,1-3H3,(H,20,21)/b19-10+. The van der Waals surface area contributed by atoms with E-state index in [1.807, 2.05) is 13.0 Å². The van der Waals surface area contributed by atoms with Gasteiger partial charge < -0.3 is 4.74 Å². The molecule has 1 unspecified atom stereocenters. The van der Waals surface area contributed by atoms with Crippen molar-refractivity contribution in [2.45, 2.75) is 33.3 Å². The van der Waals surface area contributed by atoms with E-state index in [4.69, 9.17) is 16.3 Å². The molecule has 0 aliphatic carbocycles. The van der Waals surface area contributed by atoms with Gasteiger partial charge in [0, 0.05) is 14.8 Å². The predicted molar refractivity (Wildman–Crippen MR) is 95.7 cm³/mol. The third-order valence-corrected chi connectivity index (χ3v) is 4.61. The van der Waals surface area contributed by atoms with Gasteiger partial charge in [0.25, 0.3) is 5.91 Å². The smallest absolute Gasteiger partial charge is 0.280 e. The van der Waals surface area contributed by atoms with E-state index in [2.05, 4.69) is 23.5 Å². The molecule has 2 aromatic rings. The summed E-state index contributed by atoms with van der Waals surface area (Å²) in [4.78, 5) is 14.3. The van der Waals surface area contributed by atoms with Crippen molar-refractivity contribution in [2.24, 2.45) is 5.10 Å². The van der Waals surface area contributed by atoms with Gasteiger partial charge in [-0.1, -0.05) is 18.5 Å². The number of hydrogen-bond donors (Lipinski definition) is 1. The second-order valence-corrected chi connectivity index (χ2v) is 6.70. The van der Waals surface area contributed by atoms with E-state index in [0.29, 0.717) is 10.8 Å². The van der Waals surface area contributed by atoms with Gasteiger partial charge in [-0.25, -0.2) is 5.43 Å². The van der Waals surface area contributed by atoms with Crippen molar-refractivity contribution in [3.05, 3.63) is 50.7 Å². The first kappa shape index (κ1) is 17.5. The zero-order chi connectivity index (χ0) is 16.8. The number of hydrazone groups is 1. The van der Waals surface area contributed by atoms with Crippen molar-refractivity contribution in [3.8, 4) is 5.75 Å². The van der Waals surface area contributed by atoms with Gasteiger partial charge in [-0.05, 0) is 56.2 Å². The summed E-state index contributed by atoms with van der Waals surface area (Å²) < 4.78 is 5.64. The summed E-state index contributed by atoms with van der Waals surface area (Å²) in [6.45, 7) is 5.66. The van der Waals surface area contributed by atoms with E-state index in [0.717, 1.165) is 16.9 Å². The van der Waals surface area contributed by atoms with Crippen LogP contribution in [0.3, 0.4) is 0 Å². The fourth-order valence-corrected chi connectivity index (χ4v) is 2.94. The maximum Gasteiger partial charge on any atom is 0.280 e. The summed E-state index contributed by atoms with van der Waals surface area (Å²) in [5, 5.41) is 4.61. The molecule has 1 aromatic carbocycles. The van der Waals surface area contributed by atoms with Crippen molar-refractivity contribution in [1.82, 2.24) is 5.43 Å². The number of amides is 1. The summed E-state index contributed by atoms with van der Waals surface area (Å²) in [6, 6.07) is 9.32. The van der Waals surface area contributed by atoms with Crippen molar-refractivity contribution >= 4 is 35.1 Å². The lowest BCUT2D eigenvalue weighted by Crippen LogP contribution is -2.33. The Bertz CT molecular complexity index is 712. The molecule has 1 aromatic heterocycles. The van der Waals surface area contributed by atoms with E-state index in [1.165, 1.54) is 4.88 Å². The molecule has 0 fully saturated rings. The van der Waals surface area contributed by atoms with Crippen molar-refractivity contribution in [3.63, 3.8) is 0 Å². The van der Waals surface area contributed by atoms with Crippen LogP contribution in [-0.2, 0) is 11.2 Å². The lowest BCUT2D eigenvalue weighted by atomic mass is 10.2. The highest BCUT2D eigenvalue weighted by Crippen LogP contribution is 2.22. The largest absolute Gasteiger partial charge is 0.481 e. The first-order valence-corrected chi connectivity index (χ1v) is 8.53. The van der Waals surface area contributed by atoms with Crippen LogP contribution in [0.1, 0.15) is 29.2 Å². The molecule has 1 heterocycles. The molecule has 6 heteroatoms. The van der Waals surface area contributed by atoms with Crippen LogP contribution in [0, 0.1) is 6.92 Å². The van der Waals surface area contributed by atoms with E-state index in [-0.39, 0.29) is 5.91 Å². The Kier molecular flexibility index (Phi) is 6.19. The summed E-state index contributed by atoms with van der Waals surface area (Å²) in [5.41, 5.74) is 3.38. The van der Waals surface area contributed by atoms with Gasteiger partial charge in [-0.3, -0.25) is 4.79 Å². The Morgan fingerprint density at radius 2 is 2.22 bits per heavy atom. The summed E-state index contributed by atoms with van der Waals surface area (Å²) in [5.74, 6) is 0.328. The summed E-state index contributed by atoms with van der Waals surface area (Å²) in [7, 11) is 0. The monoisotopic (exact) mass is 350 g/mol. The van der Waals surface area contributed by atoms with Gasteiger partial charge in [0.1, 0.15) is 5.75 Å². The highest BCUT2D eigenvalue weighted by Gasteiger charge is 2.15. The Morgan fingerprint density at radius 1 is 1.43 bits per heavy atom. The minimum atomic E-state index is -0.651. The van der Waals surface area contributed by atoms with E-state index in [1.54, 1.807) is 42.7 Å². The molecule has 0 saturated carbocycles. The summed E-state index contributed by atoms with van der Waals surface area (Å²) >= 11 is 7.56. The lowest BCUT2D eigenvalue weighted by molar-refractivity contribution is -0.127. The van der Waals surface area contributed by atoms with E-state index in [9.17, 15) is 4.79 Å². The minimum Gasteiger partial charge on any atom is -0.481 e. The predicted octanol–water partition coefficient (Wildman–Crippen LogP) is 4.19. The molecule has 1 atom stereocenters. The number of halogens is 1. The zero-order valence-corrected chi connectivity index (χ0v) is 14.9. The Balaban J connectivity index is 1.89. The third kappa shape index (κ3) is 5.08. The molecular weight excluding hydrogens is 332 g/mol. The normalized spacial score (nSPS) is 12.3. The lowest BCUT2D eigenvalue weighted by Gasteiger charge is -2.14. The number of nitrogens with one attached hydrogen (secondary N) is 1. The number of hydrogen-bond acceptors (Lipinski definition) is 4. The number of aryl methyl sites for hydroxylation is 2. The molecule has 0 spiro atoms. The molecular formula is C17H19ClN2O2S. The van der Waals surface area contributed by atoms with Crippen LogP contribution in [0.5, 0.6) is 5.75 Å². The Morgan fingerprint density at radius 3 is 2.87 bits per heavy atom. The maximum atomic E-state index is 12.0. The number of carbonyl (C=O) groups is 1. The quantitative estimate of drug-likeness (QED) is 0.627. The van der Waals surface area contributed by atoms with Gasteiger partial charge in [0.15, 0.2) is 6.10 Å². The number of rotatable bonds is 6. The Labute approximate surface area is 145 Å². The van der Waals surface area contributed by atoms with Crippen LogP contribution in [0.4, 0.5) is 0 Å². The summed E-state index contributed by atoms with van der Waals surface area (Å²) in [6.07, 6.45) is 1.99. The van der Waals surface area contributed by atoms with Crippen LogP contribution >= 0.6 is 22.9 Å². The molecule has 4 nitrogen and oxygen atoms in total. The molecule has 0 radical (unpaired) electrons. The van der Waals surface area contributed by atoms with Crippen molar-refractivity contribution in [2.75, 3.05) is 0 Å². The molecule has 1 N–H and O–H groups in total. The second kappa shape index (κ2) is 8.13. The number of thiophene rings is 1. The molecule has 122 valence electrons. The molecule has 0 saturated heterocycles. The molecule has 23 heavy (non-hydrogen) atoms. The average Bonchev–Trinajstić information content (AvgIpc) is 2.98. The second-order valence-electron chi connectivity index (χ2n) is 5.06. The number of carbonyl (C=O) groups excluding carboxylic acids is 1. The first-order chi connectivity index (χ1) is 11.0. The molecule has 1 amide bonds. The fourth-order valence-electron chi connectivity index (χ4n) is 1.89. The highest BCUT2D eigenvalue weighted by atomic mass is 35.5. The number of ether oxygens (including phenoxy) is 1. The van der Waals surface area contributed by atoms with E-state index >= 15 is 0 Å². The van der Waals surface area contributed by atoms with Gasteiger partial charge in [0.05, 0.1) is 6.21 Å². The molecule has 0 aliphatic heterocycles. The van der Waals surface area contributed by atoms with Crippen LogP contribution in [0.2, 0.25) is 5.02 Å². The van der Waals surface area contributed by atoms with Crippen molar-refractivity contribution < 1.29 is 9.53 Å². The van der Waals surface area contributed by atoms with Crippen LogP contribution in [0.15, 0.2) is 35.4 Å². The Hall–Kier alpha value is -1.85. The molecule has 2 rings (SSSR count). The third-order valence-electron chi connectivity index (χ3n) is 3.21. The number of benzene rings is 1. The molecule has 0 aliphatic rings. The molecule has 0 bridgehead atoms. The zero-order valence-electron chi connectivity index (χ0n) is 13.3. The average molecular weight is 351 g/mol. The topological polar surface area (TPSA) is 50.7 Å². The van der Waals surface area contributed by atoms with Gasteiger partial charge in [-0.2, -0.15) is 5.10 Å². The van der Waals surface area contributed by atoms with Gasteiger partial charge in [-0.15, -0.1) is 11.3 Å². The fraction of sp³-hybridized carbons (Fsp3) is 0.294. The van der Waals surface area contributed by atoms with Crippen LogP contribution in [-0.4, -0.2) is 18.2 Å². The minimum absolute atomic E-state index is 0.303. The van der Waals surface area contributed by atoms with Crippen LogP contribution < -0.4 is 10.2 Å². The SMILES string of the molecule is CCc1ccc(/C=N/NC(=O)C(C)Oc2ccc(Cl)cc2C)s1. The van der Waals surface area contributed by atoms with Gasteiger partial charge >= 0.3 is 0 Å². The highest BCUT2D eigenvalue weighted by molar-refractivity contribution is 7.13. The van der Waals surface area contributed by atoms with Crippen molar-refractivity contribution in [1.29, 1.82) is 0 Å². The first-order valence-electron chi connectivity index (χ1n) is 7.34. The van der Waals surface area contributed by atoms with Gasteiger partial charge in [0.2, 0.25) is 0 Å². The van der Waals surface area contributed by atoms with Crippen LogP contribution in [0.25, 0.3) is 0 Å².